The summed E-state index contributed by atoms with van der Waals surface area (Å²) in [5, 5.41) is 4.05. The van der Waals surface area contributed by atoms with E-state index >= 15 is 0 Å². The van der Waals surface area contributed by atoms with Crippen LogP contribution >= 0.6 is 0 Å². The lowest BCUT2D eigenvalue weighted by atomic mass is 10.0. The lowest BCUT2D eigenvalue weighted by Crippen LogP contribution is -2.31. The predicted octanol–water partition coefficient (Wildman–Crippen LogP) is 6.37. The number of benzene rings is 4. The number of pyridine rings is 1. The molecule has 39 heavy (non-hydrogen) atoms. The first-order valence-corrected chi connectivity index (χ1v) is 12.9. The van der Waals surface area contributed by atoms with Crippen LogP contribution in [0.25, 0.3) is 44.2 Å². The molecule has 0 saturated carbocycles. The van der Waals surface area contributed by atoms with E-state index in [1.54, 1.807) is 0 Å². The van der Waals surface area contributed by atoms with Gasteiger partial charge in [-0.3, -0.25) is 4.79 Å². The van der Waals surface area contributed by atoms with E-state index in [0.29, 0.717) is 17.8 Å². The van der Waals surface area contributed by atoms with E-state index in [1.165, 1.54) is 0 Å². The van der Waals surface area contributed by atoms with Gasteiger partial charge in [0.05, 0.1) is 44.9 Å². The van der Waals surface area contributed by atoms with Crippen LogP contribution in [0.2, 0.25) is 0 Å². The highest BCUT2D eigenvalue weighted by atomic mass is 16.1. The summed E-state index contributed by atoms with van der Waals surface area (Å²) in [6, 6.07) is 34.8. The molecule has 0 spiro atoms. The number of fused-ring (bicyclic) bond motifs is 3. The van der Waals surface area contributed by atoms with Crippen molar-refractivity contribution in [1.29, 1.82) is 0 Å². The summed E-state index contributed by atoms with van der Waals surface area (Å²) in [6.07, 6.45) is 0.439. The molecule has 188 valence electrons. The number of carbonyl (C=O) groups is 1. The smallest absolute Gasteiger partial charge is 0.252 e. The highest BCUT2D eigenvalue weighted by Crippen LogP contribution is 2.26. The Hall–Kier alpha value is -5.30. The van der Waals surface area contributed by atoms with E-state index < -0.39 is 6.04 Å². The lowest BCUT2D eigenvalue weighted by Gasteiger charge is -2.17. The minimum Gasteiger partial charge on any atom is -0.342 e. The van der Waals surface area contributed by atoms with Crippen LogP contribution < -0.4 is 5.32 Å². The van der Waals surface area contributed by atoms with Gasteiger partial charge in [-0.15, -0.1) is 0 Å². The van der Waals surface area contributed by atoms with Crippen LogP contribution in [-0.2, 0) is 6.42 Å². The van der Waals surface area contributed by atoms with E-state index in [4.69, 9.17) is 15.0 Å². The van der Waals surface area contributed by atoms with Gasteiger partial charge in [0.15, 0.2) is 0 Å². The largest absolute Gasteiger partial charge is 0.342 e. The fraction of sp³-hybridized carbons (Fsp3) is 0.0625. The van der Waals surface area contributed by atoms with E-state index in [1.807, 2.05) is 109 Å². The third kappa shape index (κ3) is 4.40. The van der Waals surface area contributed by atoms with Crippen molar-refractivity contribution < 1.29 is 4.79 Å². The van der Waals surface area contributed by atoms with Gasteiger partial charge in [-0.1, -0.05) is 72.8 Å². The molecule has 0 aliphatic carbocycles. The van der Waals surface area contributed by atoms with Crippen molar-refractivity contribution in [3.63, 3.8) is 0 Å². The molecule has 0 radical (unpaired) electrons. The van der Waals surface area contributed by atoms with Gasteiger partial charge < -0.3 is 15.3 Å². The molecule has 1 unspecified atom stereocenters. The van der Waals surface area contributed by atoms with Gasteiger partial charge in [0.1, 0.15) is 11.6 Å². The molecule has 7 aromatic rings. The van der Waals surface area contributed by atoms with Gasteiger partial charge in [0, 0.05) is 17.4 Å². The number of H-pyrrole nitrogens is 2. The van der Waals surface area contributed by atoms with Gasteiger partial charge in [-0.25, -0.2) is 15.0 Å². The summed E-state index contributed by atoms with van der Waals surface area (Å²) < 4.78 is 0. The van der Waals surface area contributed by atoms with Crippen molar-refractivity contribution in [3.05, 3.63) is 126 Å². The number of rotatable bonds is 6. The van der Waals surface area contributed by atoms with Gasteiger partial charge in [0.2, 0.25) is 0 Å². The molecule has 0 bridgehead atoms. The molecule has 3 heterocycles. The Morgan fingerprint density at radius 1 is 0.692 bits per heavy atom. The van der Waals surface area contributed by atoms with E-state index in [2.05, 4.69) is 15.3 Å². The molecule has 4 aromatic carbocycles. The third-order valence-electron chi connectivity index (χ3n) is 6.91. The fourth-order valence-electron chi connectivity index (χ4n) is 5.01. The number of amides is 1. The Morgan fingerprint density at radius 2 is 1.33 bits per heavy atom. The Bertz CT molecular complexity index is 1890. The van der Waals surface area contributed by atoms with Gasteiger partial charge >= 0.3 is 0 Å². The van der Waals surface area contributed by atoms with Crippen LogP contribution in [0.3, 0.4) is 0 Å². The Kier molecular flexibility index (Phi) is 5.59. The zero-order chi connectivity index (χ0) is 26.2. The maximum Gasteiger partial charge on any atom is 0.252 e. The number of nitrogens with one attached hydrogen (secondary N) is 3. The van der Waals surface area contributed by atoms with Crippen LogP contribution in [0.1, 0.15) is 28.0 Å². The van der Waals surface area contributed by atoms with Crippen molar-refractivity contribution in [2.24, 2.45) is 0 Å². The number of aromatic amines is 2. The van der Waals surface area contributed by atoms with Crippen molar-refractivity contribution in [1.82, 2.24) is 30.2 Å². The summed E-state index contributed by atoms with van der Waals surface area (Å²) in [4.78, 5) is 35.2. The molecule has 7 nitrogen and oxygen atoms in total. The second-order valence-electron chi connectivity index (χ2n) is 9.51. The quantitative estimate of drug-likeness (QED) is 0.243. The minimum atomic E-state index is -0.447. The highest BCUT2D eigenvalue weighted by Gasteiger charge is 2.23. The molecule has 3 N–H and O–H groups in total. The summed E-state index contributed by atoms with van der Waals surface area (Å²) >= 11 is 0. The number of aromatic nitrogens is 5. The molecule has 0 aliphatic rings. The standard InChI is InChI=1S/C32H24N6O/c39-32(22-18-28(20-10-2-1-3-11-20)33-23-13-5-4-12-21(22)23)38-29(31-36-26-16-8-9-17-27(26)37-31)19-30-34-24-14-6-7-15-25(24)35-30/h1-18,29H,19H2,(H,34,35)(H,36,37)(H,38,39). The predicted molar refractivity (Wildman–Crippen MR) is 153 cm³/mol. The SMILES string of the molecule is O=C(NC(Cc1nc2ccccc2[nH]1)c1nc2ccccc2[nH]1)c1cc(-c2ccccc2)nc2ccccc12. The maximum atomic E-state index is 14.0. The molecule has 3 aromatic heterocycles. The summed E-state index contributed by atoms with van der Waals surface area (Å²) in [5.74, 6) is 1.24. The highest BCUT2D eigenvalue weighted by molar-refractivity contribution is 6.07. The van der Waals surface area contributed by atoms with E-state index in [9.17, 15) is 4.79 Å². The molecule has 0 fully saturated rings. The Morgan fingerprint density at radius 3 is 2.08 bits per heavy atom. The first-order valence-electron chi connectivity index (χ1n) is 12.9. The monoisotopic (exact) mass is 508 g/mol. The van der Waals surface area contributed by atoms with Gasteiger partial charge in [-0.2, -0.15) is 0 Å². The minimum absolute atomic E-state index is 0.202. The second-order valence-corrected chi connectivity index (χ2v) is 9.51. The van der Waals surface area contributed by atoms with Gasteiger partial charge in [-0.05, 0) is 36.4 Å². The fourth-order valence-corrected chi connectivity index (χ4v) is 5.01. The molecule has 1 atom stereocenters. The third-order valence-corrected chi connectivity index (χ3v) is 6.91. The van der Waals surface area contributed by atoms with Crippen molar-refractivity contribution >= 4 is 38.9 Å². The molecular weight excluding hydrogens is 484 g/mol. The Labute approximate surface area is 224 Å². The van der Waals surface area contributed by atoms with Crippen molar-refractivity contribution in [2.45, 2.75) is 12.5 Å². The number of hydrogen-bond donors (Lipinski definition) is 3. The van der Waals surface area contributed by atoms with Crippen molar-refractivity contribution in [2.75, 3.05) is 0 Å². The molecule has 0 saturated heterocycles. The lowest BCUT2D eigenvalue weighted by molar-refractivity contribution is 0.0936. The van der Waals surface area contributed by atoms with Crippen LogP contribution in [0, 0.1) is 0 Å². The average molecular weight is 509 g/mol. The van der Waals surface area contributed by atoms with Crippen molar-refractivity contribution in [3.8, 4) is 11.3 Å². The number of imidazole rings is 2. The first-order chi connectivity index (χ1) is 19.2. The normalized spacial score (nSPS) is 12.2. The van der Waals surface area contributed by atoms with Crippen LogP contribution in [0.4, 0.5) is 0 Å². The molecule has 7 rings (SSSR count). The zero-order valence-corrected chi connectivity index (χ0v) is 20.9. The van der Waals surface area contributed by atoms with Crippen LogP contribution in [0.15, 0.2) is 109 Å². The number of carbonyl (C=O) groups excluding carboxylic acids is 1. The van der Waals surface area contributed by atoms with Gasteiger partial charge in [0.25, 0.3) is 5.91 Å². The van der Waals surface area contributed by atoms with E-state index in [-0.39, 0.29) is 5.91 Å². The molecule has 0 aliphatic heterocycles. The Balaban J connectivity index is 1.30. The number of nitrogens with zero attached hydrogens (tertiary/aromatic N) is 3. The van der Waals surface area contributed by atoms with E-state index in [0.717, 1.165) is 50.1 Å². The zero-order valence-electron chi connectivity index (χ0n) is 20.9. The molecule has 1 amide bonds. The second kappa shape index (κ2) is 9.54. The van der Waals surface area contributed by atoms with Crippen LogP contribution in [-0.4, -0.2) is 30.8 Å². The molecular formula is C32H24N6O. The van der Waals surface area contributed by atoms with Crippen LogP contribution in [0.5, 0.6) is 0 Å². The summed E-state index contributed by atoms with van der Waals surface area (Å²) in [7, 11) is 0. The topological polar surface area (TPSA) is 99.4 Å². The maximum absolute atomic E-state index is 14.0. The average Bonchev–Trinajstić information content (AvgIpc) is 3.60. The summed E-state index contributed by atoms with van der Waals surface area (Å²) in [5.41, 5.74) is 6.62. The number of hydrogen-bond acceptors (Lipinski definition) is 4. The molecule has 7 heteroatoms. The first kappa shape index (κ1) is 22.9. The summed E-state index contributed by atoms with van der Waals surface area (Å²) in [6.45, 7) is 0. The number of para-hydroxylation sites is 5.